The van der Waals surface area contributed by atoms with Crippen molar-refractivity contribution >= 4 is 23.6 Å². The van der Waals surface area contributed by atoms with Gasteiger partial charge in [0.15, 0.2) is 6.61 Å². The standard InChI is InChI=1S/C17H16F2N2O3S/c1-10(12-6-5-11(18)8-14(12)19)21-15(22)9-24-17(23)13-4-3-7-20-16(13)25-2/h3-8,10H,9H2,1-2H3,(H,21,22)/t10-/m1/s1. The third kappa shape index (κ3) is 4.99. The lowest BCUT2D eigenvalue weighted by atomic mass is 10.1. The van der Waals surface area contributed by atoms with Gasteiger partial charge >= 0.3 is 5.97 Å². The summed E-state index contributed by atoms with van der Waals surface area (Å²) < 4.78 is 31.6. The van der Waals surface area contributed by atoms with Crippen molar-refractivity contribution < 1.29 is 23.1 Å². The summed E-state index contributed by atoms with van der Waals surface area (Å²) in [6.07, 6.45) is 3.32. The maximum atomic E-state index is 13.7. The van der Waals surface area contributed by atoms with Crippen LogP contribution in [-0.2, 0) is 9.53 Å². The molecule has 1 aromatic carbocycles. The van der Waals surface area contributed by atoms with E-state index in [2.05, 4.69) is 10.3 Å². The minimum absolute atomic E-state index is 0.137. The molecule has 0 radical (unpaired) electrons. The van der Waals surface area contributed by atoms with Crippen LogP contribution in [0, 0.1) is 11.6 Å². The number of ether oxygens (including phenoxy) is 1. The largest absolute Gasteiger partial charge is 0.452 e. The van der Waals surface area contributed by atoms with Crippen molar-refractivity contribution in [1.29, 1.82) is 0 Å². The minimum Gasteiger partial charge on any atom is -0.452 e. The number of thioether (sulfide) groups is 1. The number of pyridine rings is 1. The summed E-state index contributed by atoms with van der Waals surface area (Å²) in [5.41, 5.74) is 0.401. The van der Waals surface area contributed by atoms with Gasteiger partial charge in [0.25, 0.3) is 5.91 Å². The molecule has 1 amide bonds. The third-order valence-corrected chi connectivity index (χ3v) is 4.04. The van der Waals surface area contributed by atoms with E-state index in [-0.39, 0.29) is 11.1 Å². The molecule has 0 unspecified atom stereocenters. The van der Waals surface area contributed by atoms with Crippen LogP contribution >= 0.6 is 11.8 Å². The Morgan fingerprint density at radius 3 is 2.76 bits per heavy atom. The van der Waals surface area contributed by atoms with Crippen LogP contribution in [0.25, 0.3) is 0 Å². The highest BCUT2D eigenvalue weighted by molar-refractivity contribution is 7.98. The number of nitrogens with one attached hydrogen (secondary N) is 1. The highest BCUT2D eigenvalue weighted by atomic mass is 32.2. The lowest BCUT2D eigenvalue weighted by Gasteiger charge is -2.15. The van der Waals surface area contributed by atoms with Crippen molar-refractivity contribution in [1.82, 2.24) is 10.3 Å². The molecule has 25 heavy (non-hydrogen) atoms. The molecule has 0 bridgehead atoms. The molecule has 1 aromatic heterocycles. The van der Waals surface area contributed by atoms with Crippen molar-refractivity contribution in [3.05, 3.63) is 59.3 Å². The molecule has 0 aliphatic rings. The van der Waals surface area contributed by atoms with Gasteiger partial charge in [-0.15, -0.1) is 11.8 Å². The number of esters is 1. The van der Waals surface area contributed by atoms with E-state index in [0.29, 0.717) is 5.03 Å². The third-order valence-electron chi connectivity index (χ3n) is 3.33. The first-order valence-electron chi connectivity index (χ1n) is 7.32. The summed E-state index contributed by atoms with van der Waals surface area (Å²) in [4.78, 5) is 27.9. The molecule has 0 fully saturated rings. The topological polar surface area (TPSA) is 68.3 Å². The monoisotopic (exact) mass is 366 g/mol. The van der Waals surface area contributed by atoms with Crippen molar-refractivity contribution in [2.45, 2.75) is 18.0 Å². The number of rotatable bonds is 6. The van der Waals surface area contributed by atoms with Gasteiger partial charge in [-0.3, -0.25) is 4.79 Å². The smallest absolute Gasteiger partial charge is 0.341 e. The van der Waals surface area contributed by atoms with E-state index in [1.807, 2.05) is 0 Å². The number of carbonyl (C=O) groups excluding carboxylic acids is 2. The first-order valence-corrected chi connectivity index (χ1v) is 8.55. The normalized spacial score (nSPS) is 11.7. The Kier molecular flexibility index (Phi) is 6.46. The molecule has 1 heterocycles. The molecular formula is C17H16F2N2O3S. The fourth-order valence-corrected chi connectivity index (χ4v) is 2.67. The van der Waals surface area contributed by atoms with Gasteiger partial charge in [0.1, 0.15) is 16.7 Å². The Balaban J connectivity index is 1.93. The quantitative estimate of drug-likeness (QED) is 0.628. The predicted molar refractivity (Wildman–Crippen MR) is 89.2 cm³/mol. The first-order chi connectivity index (χ1) is 11.9. The number of carbonyl (C=O) groups is 2. The summed E-state index contributed by atoms with van der Waals surface area (Å²) in [5, 5.41) is 2.99. The molecule has 0 aliphatic heterocycles. The van der Waals surface area contributed by atoms with Crippen LogP contribution in [0.5, 0.6) is 0 Å². The first kappa shape index (κ1) is 18.9. The van der Waals surface area contributed by atoms with E-state index in [9.17, 15) is 18.4 Å². The van der Waals surface area contributed by atoms with Gasteiger partial charge in [-0.2, -0.15) is 0 Å². The number of benzene rings is 1. The molecule has 1 atom stereocenters. The molecule has 1 N–H and O–H groups in total. The van der Waals surface area contributed by atoms with Crippen LogP contribution in [0.2, 0.25) is 0 Å². The summed E-state index contributed by atoms with van der Waals surface area (Å²) in [6.45, 7) is 1.03. The van der Waals surface area contributed by atoms with Crippen molar-refractivity contribution in [3.8, 4) is 0 Å². The maximum Gasteiger partial charge on any atom is 0.341 e. The van der Waals surface area contributed by atoms with Crippen molar-refractivity contribution in [3.63, 3.8) is 0 Å². The lowest BCUT2D eigenvalue weighted by molar-refractivity contribution is -0.124. The molecule has 0 spiro atoms. The van der Waals surface area contributed by atoms with Gasteiger partial charge in [0.2, 0.25) is 0 Å². The number of aromatic nitrogens is 1. The average Bonchev–Trinajstić information content (AvgIpc) is 2.59. The van der Waals surface area contributed by atoms with Crippen LogP contribution in [0.4, 0.5) is 8.78 Å². The number of amides is 1. The van der Waals surface area contributed by atoms with Gasteiger partial charge in [0.05, 0.1) is 11.6 Å². The molecule has 2 rings (SSSR count). The summed E-state index contributed by atoms with van der Waals surface area (Å²) in [7, 11) is 0. The summed E-state index contributed by atoms with van der Waals surface area (Å²) in [5.74, 6) is -2.73. The molecule has 5 nitrogen and oxygen atoms in total. The fourth-order valence-electron chi connectivity index (χ4n) is 2.13. The summed E-state index contributed by atoms with van der Waals surface area (Å²) >= 11 is 1.28. The van der Waals surface area contributed by atoms with Crippen LogP contribution in [0.15, 0.2) is 41.6 Å². The van der Waals surface area contributed by atoms with E-state index < -0.39 is 36.2 Å². The number of halogens is 2. The van der Waals surface area contributed by atoms with E-state index >= 15 is 0 Å². The summed E-state index contributed by atoms with van der Waals surface area (Å²) in [6, 6.07) is 5.54. The zero-order valence-electron chi connectivity index (χ0n) is 13.6. The predicted octanol–water partition coefficient (Wildman–Crippen LogP) is 3.12. The Labute approximate surface area is 147 Å². The van der Waals surface area contributed by atoms with Gasteiger partial charge in [-0.05, 0) is 31.4 Å². The van der Waals surface area contributed by atoms with Crippen molar-refractivity contribution in [2.75, 3.05) is 12.9 Å². The number of hydrogen-bond donors (Lipinski definition) is 1. The Morgan fingerprint density at radius 2 is 2.08 bits per heavy atom. The van der Waals surface area contributed by atoms with Crippen molar-refractivity contribution in [2.24, 2.45) is 0 Å². The van der Waals surface area contributed by atoms with Crippen LogP contribution < -0.4 is 5.32 Å². The Hall–Kier alpha value is -2.48. The lowest BCUT2D eigenvalue weighted by Crippen LogP contribution is -2.31. The molecule has 0 aliphatic carbocycles. The highest BCUT2D eigenvalue weighted by Crippen LogP contribution is 2.19. The zero-order valence-corrected chi connectivity index (χ0v) is 14.4. The van der Waals surface area contributed by atoms with Gasteiger partial charge in [-0.25, -0.2) is 18.6 Å². The molecule has 2 aromatic rings. The molecule has 0 saturated carbocycles. The average molecular weight is 366 g/mol. The highest BCUT2D eigenvalue weighted by Gasteiger charge is 2.17. The molecule has 0 saturated heterocycles. The minimum atomic E-state index is -0.759. The number of hydrogen-bond acceptors (Lipinski definition) is 5. The van der Waals surface area contributed by atoms with Gasteiger partial charge in [0, 0.05) is 17.8 Å². The van der Waals surface area contributed by atoms with E-state index in [4.69, 9.17) is 4.74 Å². The SMILES string of the molecule is CSc1ncccc1C(=O)OCC(=O)N[C@H](C)c1ccc(F)cc1F. The number of nitrogens with zero attached hydrogens (tertiary/aromatic N) is 1. The van der Waals surface area contributed by atoms with E-state index in [0.717, 1.165) is 12.1 Å². The van der Waals surface area contributed by atoms with Crippen LogP contribution in [0.1, 0.15) is 28.9 Å². The van der Waals surface area contributed by atoms with E-state index in [1.165, 1.54) is 17.8 Å². The molecule has 8 heteroatoms. The van der Waals surface area contributed by atoms with Crippen LogP contribution in [0.3, 0.4) is 0 Å². The molecule has 132 valence electrons. The van der Waals surface area contributed by atoms with E-state index in [1.54, 1.807) is 31.5 Å². The van der Waals surface area contributed by atoms with Crippen LogP contribution in [-0.4, -0.2) is 29.7 Å². The zero-order chi connectivity index (χ0) is 18.4. The fraction of sp³-hybridized carbons (Fsp3) is 0.235. The Bertz CT molecular complexity index is 786. The second kappa shape index (κ2) is 8.57. The second-order valence-corrected chi connectivity index (χ2v) is 5.89. The van der Waals surface area contributed by atoms with Gasteiger partial charge in [-0.1, -0.05) is 6.07 Å². The second-order valence-electron chi connectivity index (χ2n) is 5.09. The Morgan fingerprint density at radius 1 is 1.32 bits per heavy atom. The molecular weight excluding hydrogens is 350 g/mol. The maximum absolute atomic E-state index is 13.7. The van der Waals surface area contributed by atoms with Gasteiger partial charge < -0.3 is 10.1 Å².